The van der Waals surface area contributed by atoms with Crippen molar-refractivity contribution in [2.24, 2.45) is 0 Å². The van der Waals surface area contributed by atoms with E-state index in [0.717, 1.165) is 24.4 Å². The van der Waals surface area contributed by atoms with E-state index in [2.05, 4.69) is 0 Å². The third-order valence-electron chi connectivity index (χ3n) is 4.88. The topological polar surface area (TPSA) is 31.2 Å². The lowest BCUT2D eigenvalue weighted by Crippen LogP contribution is -2.09. The van der Waals surface area contributed by atoms with Gasteiger partial charge >= 0.3 is 0 Å². The Bertz CT molecular complexity index is 927. The SMILES string of the molecule is COc1ccc(C(=O)c2ccc3n2CCC3c2ccccc2F)cc1. The molecule has 0 N–H and O–H groups in total. The summed E-state index contributed by atoms with van der Waals surface area (Å²) in [7, 11) is 1.60. The summed E-state index contributed by atoms with van der Waals surface area (Å²) >= 11 is 0. The third kappa shape index (κ3) is 2.64. The molecular weight excluding hydrogens is 317 g/mol. The summed E-state index contributed by atoms with van der Waals surface area (Å²) in [5.41, 5.74) is 2.97. The average molecular weight is 335 g/mol. The van der Waals surface area contributed by atoms with E-state index in [1.165, 1.54) is 6.07 Å². The number of rotatable bonds is 4. The molecule has 4 heteroatoms. The molecule has 2 aromatic carbocycles. The van der Waals surface area contributed by atoms with Crippen molar-refractivity contribution in [3.8, 4) is 5.75 Å². The van der Waals surface area contributed by atoms with Crippen molar-refractivity contribution in [3.05, 3.63) is 89.0 Å². The van der Waals surface area contributed by atoms with Gasteiger partial charge in [-0.2, -0.15) is 0 Å². The van der Waals surface area contributed by atoms with Gasteiger partial charge in [-0.25, -0.2) is 4.39 Å². The lowest BCUT2D eigenvalue weighted by Gasteiger charge is -2.10. The summed E-state index contributed by atoms with van der Waals surface area (Å²) in [6.45, 7) is 0.721. The summed E-state index contributed by atoms with van der Waals surface area (Å²) < 4.78 is 21.3. The minimum Gasteiger partial charge on any atom is -0.497 e. The number of benzene rings is 2. The van der Waals surface area contributed by atoms with Crippen LogP contribution in [0, 0.1) is 5.82 Å². The Morgan fingerprint density at radius 2 is 1.84 bits per heavy atom. The monoisotopic (exact) mass is 335 g/mol. The first-order valence-electron chi connectivity index (χ1n) is 8.31. The first-order valence-corrected chi connectivity index (χ1v) is 8.31. The van der Waals surface area contributed by atoms with Crippen LogP contribution in [0.15, 0.2) is 60.7 Å². The normalized spacial score (nSPS) is 15.8. The Morgan fingerprint density at radius 1 is 1.08 bits per heavy atom. The maximum absolute atomic E-state index is 14.1. The van der Waals surface area contributed by atoms with Crippen LogP contribution in [0.25, 0.3) is 0 Å². The number of methoxy groups -OCH3 is 1. The van der Waals surface area contributed by atoms with Gasteiger partial charge in [-0.15, -0.1) is 0 Å². The summed E-state index contributed by atoms with van der Waals surface area (Å²) in [6.07, 6.45) is 0.806. The van der Waals surface area contributed by atoms with Gasteiger partial charge in [0.05, 0.1) is 12.8 Å². The second-order valence-electron chi connectivity index (χ2n) is 6.22. The molecule has 0 spiro atoms. The second-order valence-corrected chi connectivity index (χ2v) is 6.22. The lowest BCUT2D eigenvalue weighted by molar-refractivity contribution is 0.103. The van der Waals surface area contributed by atoms with Gasteiger partial charge in [-0.3, -0.25) is 4.79 Å². The van der Waals surface area contributed by atoms with E-state index in [0.29, 0.717) is 16.8 Å². The van der Waals surface area contributed by atoms with E-state index in [4.69, 9.17) is 4.74 Å². The fourth-order valence-corrected chi connectivity index (χ4v) is 3.60. The van der Waals surface area contributed by atoms with Gasteiger partial charge in [-0.05, 0) is 54.4 Å². The minimum atomic E-state index is -0.190. The maximum atomic E-state index is 14.1. The molecule has 0 bridgehead atoms. The van der Waals surface area contributed by atoms with Gasteiger partial charge in [0.15, 0.2) is 0 Å². The van der Waals surface area contributed by atoms with Gasteiger partial charge in [0.1, 0.15) is 11.6 Å². The zero-order valence-electron chi connectivity index (χ0n) is 13.9. The molecule has 3 nitrogen and oxygen atoms in total. The van der Waals surface area contributed by atoms with Crippen LogP contribution in [-0.2, 0) is 6.54 Å². The Balaban J connectivity index is 1.67. The molecule has 0 amide bonds. The molecule has 0 fully saturated rings. The average Bonchev–Trinajstić information content (AvgIpc) is 3.24. The van der Waals surface area contributed by atoms with Crippen molar-refractivity contribution in [1.29, 1.82) is 0 Å². The number of nitrogens with zero attached hydrogens (tertiary/aromatic N) is 1. The number of ketones is 1. The van der Waals surface area contributed by atoms with Gasteiger partial charge in [0.25, 0.3) is 0 Å². The molecule has 1 unspecified atom stereocenters. The third-order valence-corrected chi connectivity index (χ3v) is 4.88. The molecule has 4 rings (SSSR count). The van der Waals surface area contributed by atoms with Gasteiger partial charge in [0.2, 0.25) is 5.78 Å². The molecule has 0 aliphatic carbocycles. The quantitative estimate of drug-likeness (QED) is 0.662. The largest absolute Gasteiger partial charge is 0.497 e. The van der Waals surface area contributed by atoms with Gasteiger partial charge in [-0.1, -0.05) is 18.2 Å². The first-order chi connectivity index (χ1) is 12.2. The molecule has 0 saturated heterocycles. The highest BCUT2D eigenvalue weighted by Gasteiger charge is 2.29. The molecule has 2 heterocycles. The van der Waals surface area contributed by atoms with E-state index in [1.54, 1.807) is 37.4 Å². The zero-order valence-corrected chi connectivity index (χ0v) is 13.9. The molecule has 126 valence electrons. The molecule has 0 saturated carbocycles. The van der Waals surface area contributed by atoms with Crippen molar-refractivity contribution < 1.29 is 13.9 Å². The standard InChI is InChI=1S/C21H18FNO2/c1-25-15-8-6-14(7-9-15)21(24)20-11-10-19-17(12-13-23(19)20)16-4-2-3-5-18(16)22/h2-11,17H,12-13H2,1H3. The molecule has 3 aromatic rings. The van der Waals surface area contributed by atoms with Crippen molar-refractivity contribution >= 4 is 5.78 Å². The summed E-state index contributed by atoms with van der Waals surface area (Å²) in [6, 6.07) is 17.8. The fraction of sp³-hybridized carbons (Fsp3) is 0.190. The van der Waals surface area contributed by atoms with Crippen LogP contribution in [0.1, 0.15) is 39.6 Å². The van der Waals surface area contributed by atoms with E-state index in [1.807, 2.05) is 28.8 Å². The molecule has 1 aliphatic rings. The molecular formula is C21H18FNO2. The number of fused-ring (bicyclic) bond motifs is 1. The van der Waals surface area contributed by atoms with E-state index in [-0.39, 0.29) is 17.5 Å². The second kappa shape index (κ2) is 6.20. The van der Waals surface area contributed by atoms with Crippen LogP contribution in [0.2, 0.25) is 0 Å². The number of halogens is 1. The van der Waals surface area contributed by atoms with Crippen LogP contribution in [0.3, 0.4) is 0 Å². The number of ether oxygens (including phenoxy) is 1. The Morgan fingerprint density at radius 3 is 2.56 bits per heavy atom. The Kier molecular flexibility index (Phi) is 3.88. The molecule has 0 radical (unpaired) electrons. The van der Waals surface area contributed by atoms with Gasteiger partial charge < -0.3 is 9.30 Å². The highest BCUT2D eigenvalue weighted by Crippen LogP contribution is 2.37. The number of hydrogen-bond donors (Lipinski definition) is 0. The lowest BCUT2D eigenvalue weighted by atomic mass is 9.94. The van der Waals surface area contributed by atoms with Crippen LogP contribution in [-0.4, -0.2) is 17.5 Å². The number of carbonyl (C=O) groups excluding carboxylic acids is 1. The number of hydrogen-bond acceptors (Lipinski definition) is 2. The van der Waals surface area contributed by atoms with E-state index in [9.17, 15) is 9.18 Å². The van der Waals surface area contributed by atoms with Crippen LogP contribution in [0.5, 0.6) is 5.75 Å². The van der Waals surface area contributed by atoms with E-state index < -0.39 is 0 Å². The first kappa shape index (κ1) is 15.6. The molecule has 1 aliphatic heterocycles. The molecule has 1 atom stereocenters. The van der Waals surface area contributed by atoms with Crippen molar-refractivity contribution in [2.45, 2.75) is 18.9 Å². The van der Waals surface area contributed by atoms with Crippen molar-refractivity contribution in [3.63, 3.8) is 0 Å². The van der Waals surface area contributed by atoms with Crippen molar-refractivity contribution in [2.75, 3.05) is 7.11 Å². The maximum Gasteiger partial charge on any atom is 0.209 e. The van der Waals surface area contributed by atoms with Crippen LogP contribution >= 0.6 is 0 Å². The summed E-state index contributed by atoms with van der Waals surface area (Å²) in [5, 5.41) is 0. The highest BCUT2D eigenvalue weighted by atomic mass is 19.1. The fourth-order valence-electron chi connectivity index (χ4n) is 3.60. The minimum absolute atomic E-state index is 0.00128. The van der Waals surface area contributed by atoms with Crippen LogP contribution < -0.4 is 4.74 Å². The smallest absolute Gasteiger partial charge is 0.209 e. The van der Waals surface area contributed by atoms with Gasteiger partial charge in [0, 0.05) is 23.7 Å². The molecule has 1 aromatic heterocycles. The molecule has 25 heavy (non-hydrogen) atoms. The van der Waals surface area contributed by atoms with E-state index >= 15 is 0 Å². The van der Waals surface area contributed by atoms with Crippen molar-refractivity contribution in [1.82, 2.24) is 4.57 Å². The summed E-state index contributed by atoms with van der Waals surface area (Å²) in [4.78, 5) is 12.8. The predicted octanol–water partition coefficient (Wildman–Crippen LogP) is 4.40. The van der Waals surface area contributed by atoms with Crippen LogP contribution in [0.4, 0.5) is 4.39 Å². The Hall–Kier alpha value is -2.88. The number of aromatic nitrogens is 1. The zero-order chi connectivity index (χ0) is 17.4. The Labute approximate surface area is 145 Å². The number of carbonyl (C=O) groups is 1. The summed E-state index contributed by atoms with van der Waals surface area (Å²) in [5.74, 6) is 0.503. The predicted molar refractivity (Wildman–Crippen MR) is 93.7 cm³/mol. The highest BCUT2D eigenvalue weighted by molar-refractivity contribution is 6.08.